The Morgan fingerprint density at radius 3 is 2.60 bits per heavy atom. The minimum atomic E-state index is 0.410. The molecule has 1 aromatic carbocycles. The third-order valence-electron chi connectivity index (χ3n) is 3.83. The van der Waals surface area contributed by atoms with E-state index >= 15 is 0 Å². The topological polar surface area (TPSA) is 35.6 Å². The molecule has 3 aromatic rings. The van der Waals surface area contributed by atoms with Crippen LogP contribution in [0.1, 0.15) is 22.8 Å². The van der Waals surface area contributed by atoms with Crippen LogP contribution in [-0.4, -0.2) is 19.3 Å². The molecule has 0 amide bonds. The molecule has 0 saturated heterocycles. The lowest BCUT2D eigenvalue weighted by molar-refractivity contribution is 0.725. The number of fused-ring (bicyclic) bond motifs is 1. The molecule has 5 heteroatoms. The fraction of sp³-hybridized carbons (Fsp3) is 0.333. The molecule has 0 aliphatic carbocycles. The summed E-state index contributed by atoms with van der Waals surface area (Å²) in [7, 11) is 1.97. The molecular weight excluding hydrogens is 272 g/mol. The first kappa shape index (κ1) is 13.2. The summed E-state index contributed by atoms with van der Waals surface area (Å²) in [5.41, 5.74) is 5.58. The highest BCUT2D eigenvalue weighted by molar-refractivity contribution is 6.16. The third kappa shape index (κ3) is 2.00. The van der Waals surface area contributed by atoms with Crippen molar-refractivity contribution in [2.75, 3.05) is 0 Å². The average molecular weight is 289 g/mol. The van der Waals surface area contributed by atoms with Gasteiger partial charge in [0.1, 0.15) is 5.82 Å². The Hall–Kier alpha value is -1.81. The third-order valence-corrected chi connectivity index (χ3v) is 4.07. The van der Waals surface area contributed by atoms with Crippen LogP contribution < -0.4 is 0 Å². The summed E-state index contributed by atoms with van der Waals surface area (Å²) in [5, 5.41) is 4.48. The van der Waals surface area contributed by atoms with E-state index in [1.807, 2.05) is 36.9 Å². The lowest BCUT2D eigenvalue weighted by atomic mass is 10.2. The first-order valence-electron chi connectivity index (χ1n) is 6.61. The van der Waals surface area contributed by atoms with Gasteiger partial charge in [0.05, 0.1) is 29.2 Å². The standard InChI is InChI=1S/C15H17ClN4/c1-10-12(11(2)19(3)18-10)9-20-14-7-5-4-6-13(14)17-15(20)8-16/h4-7H,8-9H2,1-3H3. The van der Waals surface area contributed by atoms with E-state index in [0.717, 1.165) is 29.1 Å². The zero-order chi connectivity index (χ0) is 14.3. The van der Waals surface area contributed by atoms with Crippen LogP contribution in [-0.2, 0) is 19.5 Å². The number of para-hydroxylation sites is 2. The van der Waals surface area contributed by atoms with Gasteiger partial charge in [0.25, 0.3) is 0 Å². The van der Waals surface area contributed by atoms with Crippen LogP contribution in [0.3, 0.4) is 0 Å². The number of alkyl halides is 1. The second-order valence-corrected chi connectivity index (χ2v) is 5.28. The smallest absolute Gasteiger partial charge is 0.125 e. The molecule has 0 aliphatic rings. The van der Waals surface area contributed by atoms with Crippen molar-refractivity contribution in [3.05, 3.63) is 47.0 Å². The molecule has 0 aliphatic heterocycles. The van der Waals surface area contributed by atoms with E-state index in [1.165, 1.54) is 11.3 Å². The average Bonchev–Trinajstić information content (AvgIpc) is 2.92. The Balaban J connectivity index is 2.14. The van der Waals surface area contributed by atoms with Crippen LogP contribution in [0.25, 0.3) is 11.0 Å². The number of hydrogen-bond acceptors (Lipinski definition) is 2. The molecule has 2 heterocycles. The Labute approximate surface area is 123 Å². The molecule has 3 rings (SSSR count). The van der Waals surface area contributed by atoms with Crippen LogP contribution in [0.5, 0.6) is 0 Å². The minimum absolute atomic E-state index is 0.410. The lowest BCUT2D eigenvalue weighted by Gasteiger charge is -2.08. The Bertz CT molecular complexity index is 770. The predicted molar refractivity (Wildman–Crippen MR) is 81.1 cm³/mol. The van der Waals surface area contributed by atoms with Gasteiger partial charge in [-0.2, -0.15) is 5.10 Å². The molecule has 0 fully saturated rings. The van der Waals surface area contributed by atoms with Crippen molar-refractivity contribution in [3.63, 3.8) is 0 Å². The summed E-state index contributed by atoms with van der Waals surface area (Å²) >= 11 is 6.05. The first-order valence-corrected chi connectivity index (χ1v) is 7.14. The Morgan fingerprint density at radius 1 is 1.20 bits per heavy atom. The van der Waals surface area contributed by atoms with Gasteiger partial charge >= 0.3 is 0 Å². The number of imidazole rings is 1. The minimum Gasteiger partial charge on any atom is -0.322 e. The molecule has 0 unspecified atom stereocenters. The van der Waals surface area contributed by atoms with Gasteiger partial charge in [-0.15, -0.1) is 11.6 Å². The summed E-state index contributed by atoms with van der Waals surface area (Å²) in [6.07, 6.45) is 0. The highest BCUT2D eigenvalue weighted by Gasteiger charge is 2.14. The fourth-order valence-corrected chi connectivity index (χ4v) is 2.81. The van der Waals surface area contributed by atoms with Gasteiger partial charge < -0.3 is 4.57 Å². The van der Waals surface area contributed by atoms with E-state index in [9.17, 15) is 0 Å². The zero-order valence-electron chi connectivity index (χ0n) is 11.9. The first-order chi connectivity index (χ1) is 9.61. The zero-order valence-corrected chi connectivity index (χ0v) is 12.6. The summed E-state index contributed by atoms with van der Waals surface area (Å²) < 4.78 is 4.10. The molecule has 0 N–H and O–H groups in total. The molecule has 0 saturated carbocycles. The van der Waals surface area contributed by atoms with Gasteiger partial charge in [0.15, 0.2) is 0 Å². The highest BCUT2D eigenvalue weighted by atomic mass is 35.5. The number of rotatable bonds is 3. The quantitative estimate of drug-likeness (QED) is 0.694. The molecule has 0 radical (unpaired) electrons. The van der Waals surface area contributed by atoms with E-state index in [-0.39, 0.29) is 0 Å². The molecule has 20 heavy (non-hydrogen) atoms. The monoisotopic (exact) mass is 288 g/mol. The molecule has 0 spiro atoms. The molecule has 0 atom stereocenters. The largest absolute Gasteiger partial charge is 0.322 e. The van der Waals surface area contributed by atoms with Crippen molar-refractivity contribution >= 4 is 22.6 Å². The van der Waals surface area contributed by atoms with Crippen molar-refractivity contribution in [2.45, 2.75) is 26.3 Å². The van der Waals surface area contributed by atoms with Crippen molar-refractivity contribution in [3.8, 4) is 0 Å². The number of hydrogen-bond donors (Lipinski definition) is 0. The number of benzene rings is 1. The van der Waals surface area contributed by atoms with Gasteiger partial charge in [0.2, 0.25) is 0 Å². The summed E-state index contributed by atoms with van der Waals surface area (Å²) in [4.78, 5) is 4.60. The second-order valence-electron chi connectivity index (χ2n) is 5.01. The van der Waals surface area contributed by atoms with Crippen molar-refractivity contribution in [1.82, 2.24) is 19.3 Å². The van der Waals surface area contributed by atoms with Crippen molar-refractivity contribution < 1.29 is 0 Å². The number of aromatic nitrogens is 4. The van der Waals surface area contributed by atoms with Crippen LogP contribution in [0.2, 0.25) is 0 Å². The normalized spacial score (nSPS) is 11.4. The van der Waals surface area contributed by atoms with Gasteiger partial charge in [-0.25, -0.2) is 4.98 Å². The van der Waals surface area contributed by atoms with Gasteiger partial charge in [-0.3, -0.25) is 4.68 Å². The SMILES string of the molecule is Cc1nn(C)c(C)c1Cn1c(CCl)nc2ccccc21. The van der Waals surface area contributed by atoms with Crippen LogP contribution in [0.15, 0.2) is 24.3 Å². The van der Waals surface area contributed by atoms with Crippen LogP contribution >= 0.6 is 11.6 Å². The number of halogens is 1. The van der Waals surface area contributed by atoms with Crippen LogP contribution in [0.4, 0.5) is 0 Å². The Morgan fingerprint density at radius 2 is 1.95 bits per heavy atom. The Kier molecular flexibility index (Phi) is 3.26. The predicted octanol–water partition coefficient (Wildman–Crippen LogP) is 3.17. The maximum atomic E-state index is 6.05. The van der Waals surface area contributed by atoms with Gasteiger partial charge in [0, 0.05) is 18.3 Å². The summed E-state index contributed by atoms with van der Waals surface area (Å²) in [5.74, 6) is 1.31. The number of aryl methyl sites for hydroxylation is 2. The highest BCUT2D eigenvalue weighted by Crippen LogP contribution is 2.21. The molecular formula is C15H17ClN4. The van der Waals surface area contributed by atoms with E-state index in [1.54, 1.807) is 0 Å². The van der Waals surface area contributed by atoms with E-state index < -0.39 is 0 Å². The molecule has 4 nitrogen and oxygen atoms in total. The second kappa shape index (κ2) is 4.94. The maximum absolute atomic E-state index is 6.05. The van der Waals surface area contributed by atoms with E-state index in [4.69, 9.17) is 11.6 Å². The number of nitrogens with zero attached hydrogens (tertiary/aromatic N) is 4. The fourth-order valence-electron chi connectivity index (χ4n) is 2.61. The van der Waals surface area contributed by atoms with Gasteiger partial charge in [-0.1, -0.05) is 12.1 Å². The van der Waals surface area contributed by atoms with Crippen molar-refractivity contribution in [2.24, 2.45) is 7.05 Å². The molecule has 0 bridgehead atoms. The van der Waals surface area contributed by atoms with Crippen LogP contribution in [0, 0.1) is 13.8 Å². The lowest BCUT2D eigenvalue weighted by Crippen LogP contribution is -2.06. The van der Waals surface area contributed by atoms with E-state index in [0.29, 0.717) is 5.88 Å². The molecule has 104 valence electrons. The summed E-state index contributed by atoms with van der Waals surface area (Å²) in [6, 6.07) is 8.13. The summed E-state index contributed by atoms with van der Waals surface area (Å²) in [6.45, 7) is 4.89. The maximum Gasteiger partial charge on any atom is 0.125 e. The molecule has 2 aromatic heterocycles. The van der Waals surface area contributed by atoms with Gasteiger partial charge in [-0.05, 0) is 26.0 Å². The van der Waals surface area contributed by atoms with E-state index in [2.05, 4.69) is 27.6 Å². The van der Waals surface area contributed by atoms with Crippen molar-refractivity contribution in [1.29, 1.82) is 0 Å².